The van der Waals surface area contributed by atoms with Crippen LogP contribution in [0.5, 0.6) is 0 Å². The summed E-state index contributed by atoms with van der Waals surface area (Å²) in [5.74, 6) is 7.12. The third-order valence-corrected chi connectivity index (χ3v) is 32.6. The van der Waals surface area contributed by atoms with Crippen molar-refractivity contribution in [3.63, 3.8) is 0 Å². The minimum atomic E-state index is -0.728. The minimum absolute atomic E-state index is 0.0185. The Morgan fingerprint density at radius 1 is 0.376 bits per heavy atom. The molecule has 125 heavy (non-hydrogen) atoms. The van der Waals surface area contributed by atoms with Gasteiger partial charge in [-0.1, -0.05) is 47.1 Å². The van der Waals surface area contributed by atoms with E-state index in [4.69, 9.17) is 56.8 Å². The van der Waals surface area contributed by atoms with Gasteiger partial charge in [-0.15, -0.1) is 0 Å². The maximum absolute atomic E-state index is 12.7. The number of carbonyl (C=O) groups excluding carboxylic acids is 9. The molecule has 23 heteroatoms. The second-order valence-corrected chi connectivity index (χ2v) is 44.8. The number of cyclic esters (lactones) is 2. The Balaban J connectivity index is 0.000000143. The van der Waals surface area contributed by atoms with Crippen LogP contribution in [0, 0.1) is 99.1 Å². The van der Waals surface area contributed by atoms with Crippen LogP contribution in [0.15, 0.2) is 48.6 Å². The lowest BCUT2D eigenvalue weighted by molar-refractivity contribution is -0.280. The Hall–Kier alpha value is -6.01. The molecule has 0 radical (unpaired) electrons. The summed E-state index contributed by atoms with van der Waals surface area (Å²) < 4.78 is 72.9. The van der Waals surface area contributed by atoms with Gasteiger partial charge in [0.2, 0.25) is 12.2 Å². The first-order valence-corrected chi connectivity index (χ1v) is 48.2. The van der Waals surface area contributed by atoms with Crippen molar-refractivity contribution in [1.82, 2.24) is 0 Å². The van der Waals surface area contributed by atoms with Gasteiger partial charge in [0.1, 0.15) is 28.0 Å². The molecule has 1 N–H and O–H groups in total. The van der Waals surface area contributed by atoms with Crippen LogP contribution in [0.25, 0.3) is 0 Å². The van der Waals surface area contributed by atoms with E-state index in [1.165, 1.54) is 90.4 Å². The van der Waals surface area contributed by atoms with Crippen LogP contribution >= 0.6 is 0 Å². The second-order valence-electron chi connectivity index (χ2n) is 44.8. The molecule has 23 nitrogen and oxygen atoms in total. The van der Waals surface area contributed by atoms with Gasteiger partial charge in [-0.2, -0.15) is 0 Å². The average molecular weight is 1750 g/mol. The van der Waals surface area contributed by atoms with E-state index in [0.29, 0.717) is 128 Å². The highest BCUT2D eigenvalue weighted by molar-refractivity contribution is 5.90. The van der Waals surface area contributed by atoms with Crippen molar-refractivity contribution < 1.29 is 110 Å². The zero-order chi connectivity index (χ0) is 91.8. The highest BCUT2D eigenvalue weighted by Crippen LogP contribution is 2.65. The van der Waals surface area contributed by atoms with E-state index < -0.39 is 52.1 Å². The van der Waals surface area contributed by atoms with Gasteiger partial charge in [-0.25, -0.2) is 28.8 Å². The molecule has 0 aromatic carbocycles. The summed E-state index contributed by atoms with van der Waals surface area (Å²) in [4.78, 5) is 105. The Bertz CT molecular complexity index is 3850. The van der Waals surface area contributed by atoms with Crippen molar-refractivity contribution >= 4 is 53.7 Å². The van der Waals surface area contributed by atoms with Gasteiger partial charge in [0.05, 0.1) is 46.3 Å². The van der Waals surface area contributed by atoms with Gasteiger partial charge in [0.15, 0.2) is 12.6 Å². The molecule has 22 fully saturated rings. The lowest BCUT2D eigenvalue weighted by Gasteiger charge is -2.61. The topological polar surface area (TPSA) is 294 Å². The Labute approximate surface area is 746 Å². The average Bonchev–Trinajstić information content (AvgIpc) is 0.798. The summed E-state index contributed by atoms with van der Waals surface area (Å²) >= 11 is 0. The summed E-state index contributed by atoms with van der Waals surface area (Å²) in [7, 11) is 0. The molecule has 2 heterocycles. The van der Waals surface area contributed by atoms with Crippen LogP contribution < -0.4 is 0 Å². The highest BCUT2D eigenvalue weighted by atomic mass is 16.7. The number of carbonyl (C=O) groups is 9. The molecule has 704 valence electrons. The maximum atomic E-state index is 12.7. The predicted octanol–water partition coefficient (Wildman–Crippen LogP) is 19.4. The van der Waals surface area contributed by atoms with E-state index in [9.17, 15) is 48.3 Å². The molecule has 0 aromatic rings. The lowest BCUT2D eigenvalue weighted by atomic mass is 9.50. The smallest absolute Gasteiger partial charge is 0.347 e. The van der Waals surface area contributed by atoms with Crippen molar-refractivity contribution in [3.05, 3.63) is 48.6 Å². The first-order chi connectivity index (χ1) is 58.4. The molecule has 22 rings (SSSR count). The summed E-state index contributed by atoms with van der Waals surface area (Å²) in [6.07, 6.45) is 32.6. The fourth-order valence-electron chi connectivity index (χ4n) is 26.4. The third kappa shape index (κ3) is 23.5. The zero-order valence-corrected chi connectivity index (χ0v) is 79.8. The number of aliphatic hydroxyl groups is 1. The molecule has 22 aliphatic rings. The number of hydrogen-bond donors (Lipinski definition) is 1. The Morgan fingerprint density at radius 3 is 0.968 bits per heavy atom. The van der Waals surface area contributed by atoms with Gasteiger partial charge in [-0.05, 0) is 373 Å². The number of ether oxygens (including phenoxy) is 13. The van der Waals surface area contributed by atoms with Crippen molar-refractivity contribution in [2.75, 3.05) is 26.4 Å². The number of hydrogen-bond acceptors (Lipinski definition) is 23. The number of esters is 9. The van der Waals surface area contributed by atoms with Crippen molar-refractivity contribution in [2.45, 2.75) is 413 Å². The lowest BCUT2D eigenvalue weighted by Crippen LogP contribution is -2.62. The second kappa shape index (κ2) is 39.2. The molecule has 2 saturated heterocycles. The molecule has 0 amide bonds. The van der Waals surface area contributed by atoms with Gasteiger partial charge < -0.3 is 66.7 Å². The third-order valence-electron chi connectivity index (χ3n) is 32.6. The molecule has 20 saturated carbocycles. The Kier molecular flexibility index (Phi) is 31.2. The normalized spacial score (nSPS) is 38.7. The molecule has 0 spiro atoms. The van der Waals surface area contributed by atoms with E-state index in [0.717, 1.165) is 126 Å². The van der Waals surface area contributed by atoms with Gasteiger partial charge in [-0.3, -0.25) is 14.4 Å². The highest BCUT2D eigenvalue weighted by Gasteiger charge is 2.65. The molecule has 0 aromatic heterocycles. The minimum Gasteiger partial charge on any atom is -0.463 e. The zero-order valence-electron chi connectivity index (χ0n) is 79.8. The fraction of sp³-hybridized carbons (Fsp3) is 0.833. The van der Waals surface area contributed by atoms with Crippen molar-refractivity contribution in [1.29, 1.82) is 0 Å². The molecule has 20 bridgehead atoms. The largest absolute Gasteiger partial charge is 0.463 e. The summed E-state index contributed by atoms with van der Waals surface area (Å²) in [5, 5.41) is 10.5. The van der Waals surface area contributed by atoms with Crippen LogP contribution in [0.4, 0.5) is 0 Å². The first kappa shape index (κ1) is 99.6. The van der Waals surface area contributed by atoms with E-state index >= 15 is 0 Å². The van der Waals surface area contributed by atoms with Crippen LogP contribution in [-0.4, -0.2) is 155 Å². The van der Waals surface area contributed by atoms with Crippen molar-refractivity contribution in [3.8, 4) is 0 Å². The van der Waals surface area contributed by atoms with Gasteiger partial charge in [0, 0.05) is 67.6 Å². The van der Waals surface area contributed by atoms with E-state index in [1.807, 2.05) is 62.3 Å². The Morgan fingerprint density at radius 2 is 0.656 bits per heavy atom. The van der Waals surface area contributed by atoms with Gasteiger partial charge in [0.25, 0.3) is 0 Å². The molecular weight excluding hydrogens is 1590 g/mol. The predicted molar refractivity (Wildman–Crippen MR) is 471 cm³/mol. The molecular formula is C102H158O23. The number of rotatable bonds is 25. The monoisotopic (exact) mass is 1750 g/mol. The standard InChI is InChI=1S/C20H34O4.C18H28O4.C17H28O2.C15H22O2.C14H20O3.C10H16O4.C8H10O4/c1-6-18(4,5)17(21)24-20-11-15-8-16(12-20)10-19(9-15,13-20)23-14(3)22-7-2;1-5-20-13(4)21-17-7-14-6-15(8-17)10-18(9-14,11-17)22-16(19)12(2)3;1-5-16(2,3)15(18)19-17(4)13-7-11-6-12(9-13)10-14(17)8-11;1-9(2)14(16)17-15(3)12-5-10-4-11(7-12)8-13(15)6-10;1-9(2)12(15)17-14-6-10-3-11(7-14)5-13(16,4-10)8-14;1-4-10(2,3)9(12)14-7-5-6-13-8(7)11;1-5(2)7(9)12-6-3-4-11-8(6)10/h14-16H,6-13H2,1-5H3;13-15H,2,5-11H2,1,3-4H3;11-14H,5-10H2,1-4H3;10-13H,1,4-8H2,2-3H3;10-11,16H,1,3-8H2,2H3;7H,4-6H2,1-3H3;6H,1,3-4H2,2H3. The van der Waals surface area contributed by atoms with Gasteiger partial charge >= 0.3 is 53.7 Å². The molecule has 10 atom stereocenters. The molecule has 10 unspecified atom stereocenters. The summed E-state index contributed by atoms with van der Waals surface area (Å²) in [6, 6.07) is 0. The SMILES string of the molecule is C=C(C)C(=O)OC1(C)C2CC3CC(C2)CC1C3.C=C(C)C(=O)OC12CC3CC(C1)CC(OC(C)OCC)(C3)C2.C=C(C)C(=O)OC12CC3CC(CC(O)(C3)C1)C2.C=C(C)C(=O)OC1CCOC1=O.CCC(C)(C)C(=O)OC1(C)C2CC3CC(C2)CC1C3.CCC(C)(C)C(=O)OC1CCOC1=O.CCOC(C)OC12CC3CC(CC(OC(=O)C(C)(C)CC)(C3)C1)C2. The van der Waals surface area contributed by atoms with Crippen LogP contribution in [0.3, 0.4) is 0 Å². The van der Waals surface area contributed by atoms with Crippen LogP contribution in [0.2, 0.25) is 0 Å². The fourth-order valence-corrected chi connectivity index (χ4v) is 26.4. The first-order valence-electron chi connectivity index (χ1n) is 48.2. The van der Waals surface area contributed by atoms with Crippen LogP contribution in [0.1, 0.15) is 343 Å². The van der Waals surface area contributed by atoms with E-state index in [-0.39, 0.29) is 93.0 Å². The molecule has 20 aliphatic carbocycles. The molecule has 2 aliphatic heterocycles. The van der Waals surface area contributed by atoms with Crippen LogP contribution in [-0.2, 0) is 105 Å². The van der Waals surface area contributed by atoms with E-state index in [2.05, 4.69) is 58.7 Å². The summed E-state index contributed by atoms with van der Waals surface area (Å²) in [6.45, 7) is 53.0. The summed E-state index contributed by atoms with van der Waals surface area (Å²) in [5.41, 5.74) is -1.84. The quantitative estimate of drug-likeness (QED) is 0.0384. The van der Waals surface area contributed by atoms with Crippen molar-refractivity contribution in [2.24, 2.45) is 99.1 Å². The maximum Gasteiger partial charge on any atom is 0.347 e. The van der Waals surface area contributed by atoms with E-state index in [1.54, 1.807) is 34.6 Å².